The molecule has 35 heavy (non-hydrogen) atoms. The Morgan fingerprint density at radius 2 is 1.86 bits per heavy atom. The summed E-state index contributed by atoms with van der Waals surface area (Å²) in [4.78, 5) is 26.7. The maximum Gasteiger partial charge on any atom is 0.280 e. The van der Waals surface area contributed by atoms with Crippen molar-refractivity contribution in [1.82, 2.24) is 19.5 Å². The average molecular weight is 511 g/mol. The highest BCUT2D eigenvalue weighted by molar-refractivity contribution is 6.33. The highest BCUT2D eigenvalue weighted by Gasteiger charge is 2.18. The summed E-state index contributed by atoms with van der Waals surface area (Å²) in [7, 11) is 1.59. The Hall–Kier alpha value is -3.42. The fourth-order valence-electron chi connectivity index (χ4n) is 3.53. The number of methoxy groups -OCH3 is 1. The molecule has 0 aliphatic rings. The summed E-state index contributed by atoms with van der Waals surface area (Å²) in [5, 5.41) is 0.240. The predicted molar refractivity (Wildman–Crippen MR) is 137 cm³/mol. The van der Waals surface area contributed by atoms with Crippen LogP contribution in [-0.2, 0) is 6.61 Å². The first-order chi connectivity index (χ1) is 16.8. The van der Waals surface area contributed by atoms with Gasteiger partial charge < -0.3 is 9.47 Å². The zero-order valence-electron chi connectivity index (χ0n) is 19.8. The number of ether oxygens (including phenoxy) is 2. The third-order valence-electron chi connectivity index (χ3n) is 5.35. The molecule has 0 aliphatic carbocycles. The molecule has 0 atom stereocenters. The Labute approximate surface area is 213 Å². The summed E-state index contributed by atoms with van der Waals surface area (Å²) in [6.07, 6.45) is 1.72. The number of aromatic nitrogens is 4. The van der Waals surface area contributed by atoms with Gasteiger partial charge in [0.25, 0.3) is 5.56 Å². The molecule has 2 aromatic heterocycles. The first-order valence-corrected chi connectivity index (χ1v) is 11.7. The summed E-state index contributed by atoms with van der Waals surface area (Å²) in [6, 6.07) is 14.6. The molecule has 4 aromatic rings. The quantitative estimate of drug-likeness (QED) is 0.302. The predicted octanol–water partition coefficient (Wildman–Crippen LogP) is 6.02. The number of hydrogen-bond donors (Lipinski definition) is 0. The topological polar surface area (TPSA) is 79.1 Å². The first kappa shape index (κ1) is 24.7. The normalized spacial score (nSPS) is 11.1. The third-order valence-corrected chi connectivity index (χ3v) is 5.99. The Balaban J connectivity index is 1.70. The third kappa shape index (κ3) is 5.31. The van der Waals surface area contributed by atoms with Crippen molar-refractivity contribution < 1.29 is 9.47 Å². The Morgan fingerprint density at radius 3 is 2.60 bits per heavy atom. The molecule has 0 saturated heterocycles. The van der Waals surface area contributed by atoms with Crippen LogP contribution in [0.5, 0.6) is 11.6 Å². The van der Waals surface area contributed by atoms with E-state index in [1.165, 1.54) is 4.57 Å². The highest BCUT2D eigenvalue weighted by atomic mass is 35.5. The van der Waals surface area contributed by atoms with E-state index < -0.39 is 5.56 Å². The van der Waals surface area contributed by atoms with Crippen molar-refractivity contribution in [3.63, 3.8) is 0 Å². The van der Waals surface area contributed by atoms with Crippen LogP contribution in [0.15, 0.2) is 59.5 Å². The van der Waals surface area contributed by atoms with E-state index in [1.54, 1.807) is 32.4 Å². The molecule has 0 amide bonds. The lowest BCUT2D eigenvalue weighted by Crippen LogP contribution is -2.24. The van der Waals surface area contributed by atoms with Gasteiger partial charge in [-0.3, -0.25) is 9.36 Å². The van der Waals surface area contributed by atoms with Crippen molar-refractivity contribution >= 4 is 23.2 Å². The monoisotopic (exact) mass is 510 g/mol. The van der Waals surface area contributed by atoms with Gasteiger partial charge >= 0.3 is 0 Å². The van der Waals surface area contributed by atoms with E-state index in [9.17, 15) is 4.79 Å². The second-order valence-corrected chi connectivity index (χ2v) is 8.97. The number of hydrogen-bond acceptors (Lipinski definition) is 6. The van der Waals surface area contributed by atoms with Crippen molar-refractivity contribution in [2.75, 3.05) is 7.11 Å². The van der Waals surface area contributed by atoms with Crippen LogP contribution in [0.4, 0.5) is 0 Å². The molecule has 0 saturated carbocycles. The SMILES string of the molecule is COc1cccc(COc2nc(C)n(-c3cc(-c4ccnc(C(C)C)n4)ccc3Cl)c(=O)c2Cl)c1. The maximum absolute atomic E-state index is 13.3. The van der Waals surface area contributed by atoms with Crippen molar-refractivity contribution in [3.8, 4) is 28.6 Å². The molecular formula is C26H24Cl2N4O3. The van der Waals surface area contributed by atoms with Crippen LogP contribution in [0.2, 0.25) is 10.0 Å². The fourth-order valence-corrected chi connectivity index (χ4v) is 3.92. The zero-order valence-corrected chi connectivity index (χ0v) is 21.3. The molecule has 0 aliphatic heterocycles. The van der Waals surface area contributed by atoms with Crippen LogP contribution < -0.4 is 15.0 Å². The van der Waals surface area contributed by atoms with Gasteiger partial charge in [-0.2, -0.15) is 4.98 Å². The highest BCUT2D eigenvalue weighted by Crippen LogP contribution is 2.29. The lowest BCUT2D eigenvalue weighted by molar-refractivity contribution is 0.291. The summed E-state index contributed by atoms with van der Waals surface area (Å²) < 4.78 is 12.4. The van der Waals surface area contributed by atoms with Gasteiger partial charge in [-0.15, -0.1) is 0 Å². The summed E-state index contributed by atoms with van der Waals surface area (Å²) in [5.74, 6) is 2.05. The van der Waals surface area contributed by atoms with E-state index >= 15 is 0 Å². The molecule has 0 bridgehead atoms. The van der Waals surface area contributed by atoms with Crippen molar-refractivity contribution in [2.24, 2.45) is 0 Å². The number of benzene rings is 2. The largest absolute Gasteiger partial charge is 0.497 e. The molecule has 180 valence electrons. The van der Waals surface area contributed by atoms with E-state index in [2.05, 4.69) is 15.0 Å². The Morgan fingerprint density at radius 1 is 1.06 bits per heavy atom. The van der Waals surface area contributed by atoms with Crippen molar-refractivity contribution in [3.05, 3.63) is 92.3 Å². The molecule has 9 heteroatoms. The number of rotatable bonds is 7. The Bertz CT molecular complexity index is 1440. The van der Waals surface area contributed by atoms with Crippen LogP contribution >= 0.6 is 23.2 Å². The maximum atomic E-state index is 13.3. The van der Waals surface area contributed by atoms with Crippen LogP contribution in [0.1, 0.15) is 37.0 Å². The molecule has 0 N–H and O–H groups in total. The number of aryl methyl sites for hydroxylation is 1. The smallest absolute Gasteiger partial charge is 0.280 e. The lowest BCUT2D eigenvalue weighted by atomic mass is 10.1. The van der Waals surface area contributed by atoms with Gasteiger partial charge in [0.15, 0.2) is 5.02 Å². The van der Waals surface area contributed by atoms with Gasteiger partial charge in [0.2, 0.25) is 5.88 Å². The fraction of sp³-hybridized carbons (Fsp3) is 0.231. The van der Waals surface area contributed by atoms with Gasteiger partial charge in [0.1, 0.15) is 24.0 Å². The van der Waals surface area contributed by atoms with E-state index in [1.807, 2.05) is 50.2 Å². The van der Waals surface area contributed by atoms with Gasteiger partial charge in [0, 0.05) is 17.7 Å². The van der Waals surface area contributed by atoms with Gasteiger partial charge in [-0.25, -0.2) is 9.97 Å². The molecular weight excluding hydrogens is 487 g/mol. The van der Waals surface area contributed by atoms with Gasteiger partial charge in [-0.05, 0) is 42.8 Å². The van der Waals surface area contributed by atoms with Crippen LogP contribution in [0, 0.1) is 6.92 Å². The van der Waals surface area contributed by atoms with Gasteiger partial charge in [0.05, 0.1) is 23.5 Å². The van der Waals surface area contributed by atoms with Gasteiger partial charge in [-0.1, -0.05) is 55.2 Å². The summed E-state index contributed by atoms with van der Waals surface area (Å²) in [6.45, 7) is 5.93. The van der Waals surface area contributed by atoms with E-state index in [-0.39, 0.29) is 23.4 Å². The molecule has 0 fully saturated rings. The standard InChI is InChI=1S/C26H24Cl2N4O3/c1-15(2)24-29-11-10-21(31-24)18-8-9-20(27)22(13-18)32-16(3)30-25(23(28)26(32)33)35-14-17-6-5-7-19(12-17)34-4/h5-13,15H,14H2,1-4H3. The van der Waals surface area contributed by atoms with E-state index in [4.69, 9.17) is 32.7 Å². The van der Waals surface area contributed by atoms with Crippen LogP contribution in [-0.4, -0.2) is 26.6 Å². The summed E-state index contributed by atoms with van der Waals surface area (Å²) in [5.41, 5.74) is 2.33. The second-order valence-electron chi connectivity index (χ2n) is 8.18. The van der Waals surface area contributed by atoms with Crippen LogP contribution in [0.25, 0.3) is 16.9 Å². The number of halogens is 2. The molecule has 2 heterocycles. The van der Waals surface area contributed by atoms with E-state index in [0.717, 1.165) is 22.6 Å². The van der Waals surface area contributed by atoms with E-state index in [0.29, 0.717) is 22.3 Å². The zero-order chi connectivity index (χ0) is 25.1. The minimum absolute atomic E-state index is 0.0536. The second kappa shape index (κ2) is 10.5. The lowest BCUT2D eigenvalue weighted by Gasteiger charge is -2.15. The van der Waals surface area contributed by atoms with Crippen LogP contribution in [0.3, 0.4) is 0 Å². The molecule has 0 unspecified atom stereocenters. The minimum atomic E-state index is -0.482. The van der Waals surface area contributed by atoms with Crippen molar-refractivity contribution in [2.45, 2.75) is 33.3 Å². The number of nitrogens with zero attached hydrogens (tertiary/aromatic N) is 4. The molecule has 0 radical (unpaired) electrons. The first-order valence-electron chi connectivity index (χ1n) is 11.0. The summed E-state index contributed by atoms with van der Waals surface area (Å²) >= 11 is 12.9. The Kier molecular flexibility index (Phi) is 7.38. The van der Waals surface area contributed by atoms with Crippen molar-refractivity contribution in [1.29, 1.82) is 0 Å². The molecule has 7 nitrogen and oxygen atoms in total. The molecule has 4 rings (SSSR count). The molecule has 2 aromatic carbocycles. The average Bonchev–Trinajstić information content (AvgIpc) is 2.86. The minimum Gasteiger partial charge on any atom is -0.497 e. The molecule has 0 spiro atoms.